The molecule has 1 amide bonds. The van der Waals surface area contributed by atoms with E-state index in [0.717, 1.165) is 0 Å². The zero-order valence-electron chi connectivity index (χ0n) is 8.43. The summed E-state index contributed by atoms with van der Waals surface area (Å²) < 4.78 is 10.5. The first-order valence-electron chi connectivity index (χ1n) is 4.64. The van der Waals surface area contributed by atoms with Crippen LogP contribution in [0.4, 0.5) is 0 Å². The van der Waals surface area contributed by atoms with Crippen LogP contribution in [-0.2, 0) is 9.36 Å². The summed E-state index contributed by atoms with van der Waals surface area (Å²) in [5.41, 5.74) is 10.4. The third-order valence-electron chi connectivity index (χ3n) is 1.83. The summed E-state index contributed by atoms with van der Waals surface area (Å²) in [5.74, 6) is -0.533. The predicted molar refractivity (Wildman–Crippen MR) is 56.2 cm³/mol. The lowest BCUT2D eigenvalue weighted by molar-refractivity contribution is -0.120. The summed E-state index contributed by atoms with van der Waals surface area (Å²) in [4.78, 5) is 28.0. The number of nitrogens with one attached hydrogen (secondary N) is 1. The third kappa shape index (κ3) is 8.53. The van der Waals surface area contributed by atoms with Gasteiger partial charge in [0.1, 0.15) is 0 Å². The minimum absolute atomic E-state index is 0.0580. The maximum Gasteiger partial charge on any atom is 0.326 e. The van der Waals surface area contributed by atoms with Crippen molar-refractivity contribution < 1.29 is 19.1 Å². The van der Waals surface area contributed by atoms with Crippen LogP contribution in [0.2, 0.25) is 0 Å². The number of hydrogen-bond acceptors (Lipinski definition) is 4. The standard InChI is InChI=1S/C7H18N3O4P/c8-3-1-2-6(7(9)11)10-4-5-15(12,13)14/h6,10H,1-5,8H2,(H2,9,11)(H2,12,13,14). The second kappa shape index (κ2) is 6.92. The minimum atomic E-state index is -4.02. The van der Waals surface area contributed by atoms with Crippen molar-refractivity contribution in [2.45, 2.75) is 18.9 Å². The topological polar surface area (TPSA) is 139 Å². The lowest BCUT2D eigenvalue weighted by Crippen LogP contribution is -2.42. The molecule has 0 aliphatic carbocycles. The van der Waals surface area contributed by atoms with E-state index < -0.39 is 19.5 Å². The molecule has 1 unspecified atom stereocenters. The van der Waals surface area contributed by atoms with Crippen molar-refractivity contribution in [3.05, 3.63) is 0 Å². The molecule has 0 fully saturated rings. The van der Waals surface area contributed by atoms with Crippen molar-refractivity contribution in [1.82, 2.24) is 5.32 Å². The van der Waals surface area contributed by atoms with Gasteiger partial charge in [-0.15, -0.1) is 0 Å². The average molecular weight is 239 g/mol. The molecule has 0 heterocycles. The minimum Gasteiger partial charge on any atom is -0.368 e. The van der Waals surface area contributed by atoms with Crippen LogP contribution in [0, 0.1) is 0 Å². The molecule has 0 spiro atoms. The SMILES string of the molecule is NCCCC(NCCP(=O)(O)O)C(N)=O. The Morgan fingerprint density at radius 1 is 1.47 bits per heavy atom. The van der Waals surface area contributed by atoms with E-state index in [0.29, 0.717) is 19.4 Å². The Balaban J connectivity index is 3.86. The largest absolute Gasteiger partial charge is 0.368 e. The molecule has 0 aliphatic heterocycles. The fourth-order valence-corrected chi connectivity index (χ4v) is 1.47. The second-order valence-corrected chi connectivity index (χ2v) is 5.00. The number of primary amides is 1. The monoisotopic (exact) mass is 239 g/mol. The lowest BCUT2D eigenvalue weighted by Gasteiger charge is -2.14. The smallest absolute Gasteiger partial charge is 0.326 e. The highest BCUT2D eigenvalue weighted by atomic mass is 31.2. The molecule has 90 valence electrons. The molecule has 0 aromatic heterocycles. The number of rotatable bonds is 8. The van der Waals surface area contributed by atoms with Crippen LogP contribution in [0.15, 0.2) is 0 Å². The summed E-state index contributed by atoms with van der Waals surface area (Å²) in [6.07, 6.45) is 0.808. The Kier molecular flexibility index (Phi) is 6.71. The van der Waals surface area contributed by atoms with Gasteiger partial charge in [-0.2, -0.15) is 0 Å². The van der Waals surface area contributed by atoms with Gasteiger partial charge in [-0.3, -0.25) is 9.36 Å². The van der Waals surface area contributed by atoms with E-state index in [1.807, 2.05) is 0 Å². The Morgan fingerprint density at radius 2 is 2.07 bits per heavy atom. The zero-order valence-corrected chi connectivity index (χ0v) is 9.32. The molecule has 0 bridgehead atoms. The Hall–Kier alpha value is -0.460. The molecule has 8 heteroatoms. The number of carbonyl (C=O) groups excluding carboxylic acids is 1. The molecular formula is C7H18N3O4P. The van der Waals surface area contributed by atoms with E-state index in [-0.39, 0.29) is 12.7 Å². The molecule has 7 nitrogen and oxygen atoms in total. The van der Waals surface area contributed by atoms with E-state index in [1.54, 1.807) is 0 Å². The number of carbonyl (C=O) groups is 1. The van der Waals surface area contributed by atoms with Crippen molar-refractivity contribution in [1.29, 1.82) is 0 Å². The molecule has 0 aromatic rings. The normalized spacial score (nSPS) is 13.8. The van der Waals surface area contributed by atoms with Crippen molar-refractivity contribution in [2.24, 2.45) is 11.5 Å². The fraction of sp³-hybridized carbons (Fsp3) is 0.857. The van der Waals surface area contributed by atoms with Crippen LogP contribution in [0.25, 0.3) is 0 Å². The highest BCUT2D eigenvalue weighted by Crippen LogP contribution is 2.32. The molecule has 1 atom stereocenters. The van der Waals surface area contributed by atoms with Crippen LogP contribution in [-0.4, -0.2) is 41.0 Å². The van der Waals surface area contributed by atoms with Gasteiger partial charge in [-0.05, 0) is 19.4 Å². The van der Waals surface area contributed by atoms with Gasteiger partial charge in [0.05, 0.1) is 12.2 Å². The highest BCUT2D eigenvalue weighted by Gasteiger charge is 2.17. The third-order valence-corrected chi connectivity index (χ3v) is 2.64. The second-order valence-electron chi connectivity index (χ2n) is 3.23. The first-order chi connectivity index (χ1) is 6.87. The van der Waals surface area contributed by atoms with Gasteiger partial charge in [-0.25, -0.2) is 0 Å². The van der Waals surface area contributed by atoms with Crippen LogP contribution < -0.4 is 16.8 Å². The van der Waals surface area contributed by atoms with Gasteiger partial charge in [0.2, 0.25) is 5.91 Å². The molecule has 0 rings (SSSR count). The summed E-state index contributed by atoms with van der Waals surface area (Å²) in [5, 5.41) is 2.69. The van der Waals surface area contributed by atoms with Crippen molar-refractivity contribution >= 4 is 13.5 Å². The fourth-order valence-electron chi connectivity index (χ4n) is 1.05. The molecule has 0 aliphatic rings. The van der Waals surface area contributed by atoms with Gasteiger partial charge in [0, 0.05) is 6.54 Å². The molecule has 7 N–H and O–H groups in total. The van der Waals surface area contributed by atoms with Crippen LogP contribution in [0.1, 0.15) is 12.8 Å². The Labute approximate surface area is 88.4 Å². The van der Waals surface area contributed by atoms with Crippen LogP contribution in [0.3, 0.4) is 0 Å². The van der Waals surface area contributed by atoms with Crippen LogP contribution >= 0.6 is 7.60 Å². The van der Waals surface area contributed by atoms with Gasteiger partial charge in [-0.1, -0.05) is 0 Å². The van der Waals surface area contributed by atoms with Crippen molar-refractivity contribution in [3.8, 4) is 0 Å². The van der Waals surface area contributed by atoms with E-state index >= 15 is 0 Å². The maximum absolute atomic E-state index is 10.9. The molecule has 0 saturated carbocycles. The van der Waals surface area contributed by atoms with Crippen LogP contribution in [0.5, 0.6) is 0 Å². The van der Waals surface area contributed by atoms with Crippen molar-refractivity contribution in [2.75, 3.05) is 19.3 Å². The van der Waals surface area contributed by atoms with Gasteiger partial charge >= 0.3 is 7.60 Å². The summed E-state index contributed by atoms with van der Waals surface area (Å²) in [7, 11) is -4.02. The Morgan fingerprint density at radius 3 is 2.47 bits per heavy atom. The van der Waals surface area contributed by atoms with Gasteiger partial charge in [0.25, 0.3) is 0 Å². The average Bonchev–Trinajstić information content (AvgIpc) is 2.08. The number of nitrogens with two attached hydrogens (primary N) is 2. The van der Waals surface area contributed by atoms with Gasteiger partial charge in [0.15, 0.2) is 0 Å². The molecule has 15 heavy (non-hydrogen) atoms. The summed E-state index contributed by atoms with van der Waals surface area (Å²) in [6, 6.07) is -0.569. The lowest BCUT2D eigenvalue weighted by atomic mass is 10.1. The van der Waals surface area contributed by atoms with E-state index in [2.05, 4.69) is 5.32 Å². The first-order valence-corrected chi connectivity index (χ1v) is 6.44. The first kappa shape index (κ1) is 14.5. The summed E-state index contributed by atoms with van der Waals surface area (Å²) in [6.45, 7) is 0.506. The molecule has 0 aromatic carbocycles. The van der Waals surface area contributed by atoms with Gasteiger partial charge < -0.3 is 26.6 Å². The highest BCUT2D eigenvalue weighted by molar-refractivity contribution is 7.51. The Bertz CT molecular complexity index is 242. The van der Waals surface area contributed by atoms with Crippen molar-refractivity contribution in [3.63, 3.8) is 0 Å². The van der Waals surface area contributed by atoms with E-state index in [4.69, 9.17) is 21.3 Å². The zero-order chi connectivity index (χ0) is 11.9. The summed E-state index contributed by atoms with van der Waals surface area (Å²) >= 11 is 0. The maximum atomic E-state index is 10.9. The number of hydrogen-bond donors (Lipinski definition) is 5. The quantitative estimate of drug-likeness (QED) is 0.321. The molecular weight excluding hydrogens is 221 g/mol. The van der Waals surface area contributed by atoms with E-state index in [9.17, 15) is 9.36 Å². The number of amides is 1. The molecule has 0 saturated heterocycles. The molecule has 0 radical (unpaired) electrons. The predicted octanol–water partition coefficient (Wildman–Crippen LogP) is -1.65. The van der Waals surface area contributed by atoms with E-state index in [1.165, 1.54) is 0 Å².